The lowest BCUT2D eigenvalue weighted by molar-refractivity contribution is 0.00842. The molecule has 2 rings (SSSR count). The predicted molar refractivity (Wildman–Crippen MR) is 87.7 cm³/mol. The second kappa shape index (κ2) is 7.95. The average Bonchev–Trinajstić information content (AvgIpc) is 2.48. The Kier molecular flexibility index (Phi) is 6.25. The molecule has 1 aliphatic rings. The number of likely N-dealkylation sites (tertiary alicyclic amines) is 1. The molecule has 0 aliphatic carbocycles. The fourth-order valence-corrected chi connectivity index (χ4v) is 2.98. The molecule has 0 bridgehead atoms. The molecule has 1 fully saturated rings. The Morgan fingerprint density at radius 1 is 1.35 bits per heavy atom. The molecule has 1 aliphatic heterocycles. The second-order valence-corrected chi connectivity index (χ2v) is 6.15. The van der Waals surface area contributed by atoms with Crippen LogP contribution in [0.5, 0.6) is 0 Å². The summed E-state index contributed by atoms with van der Waals surface area (Å²) < 4.78 is 6.77. The molecule has 1 aromatic rings. The van der Waals surface area contributed by atoms with Crippen LogP contribution in [0, 0.1) is 3.57 Å². The molecule has 5 heteroatoms. The third-order valence-electron chi connectivity index (χ3n) is 3.54. The highest BCUT2D eigenvalue weighted by Gasteiger charge is 2.24. The highest BCUT2D eigenvalue weighted by Crippen LogP contribution is 2.19. The maximum atomic E-state index is 12.5. The van der Waals surface area contributed by atoms with Gasteiger partial charge in [-0.3, -0.25) is 4.79 Å². The van der Waals surface area contributed by atoms with Gasteiger partial charge in [0.25, 0.3) is 5.91 Å². The minimum atomic E-state index is 0.135. The van der Waals surface area contributed by atoms with E-state index in [1.54, 1.807) is 0 Å². The molecule has 4 nitrogen and oxygen atoms in total. The summed E-state index contributed by atoms with van der Waals surface area (Å²) >= 11 is 2.21. The average molecular weight is 388 g/mol. The summed E-state index contributed by atoms with van der Waals surface area (Å²) in [6.07, 6.45) is 3.02. The number of piperidine rings is 1. The van der Waals surface area contributed by atoms with E-state index in [0.717, 1.165) is 48.1 Å². The van der Waals surface area contributed by atoms with Crippen molar-refractivity contribution in [3.63, 3.8) is 0 Å². The van der Waals surface area contributed by atoms with E-state index in [1.807, 2.05) is 29.2 Å². The summed E-state index contributed by atoms with van der Waals surface area (Å²) in [4.78, 5) is 14.4. The number of ether oxygens (including phenoxy) is 1. The molecule has 1 amide bonds. The van der Waals surface area contributed by atoms with Gasteiger partial charge < -0.3 is 15.4 Å². The molecule has 0 radical (unpaired) electrons. The van der Waals surface area contributed by atoms with Crippen molar-refractivity contribution in [1.82, 2.24) is 4.90 Å². The van der Waals surface area contributed by atoms with Gasteiger partial charge in [0.05, 0.1) is 11.7 Å². The van der Waals surface area contributed by atoms with Crippen LogP contribution in [-0.2, 0) is 4.74 Å². The molecule has 1 heterocycles. The van der Waals surface area contributed by atoms with Crippen molar-refractivity contribution in [2.24, 2.45) is 5.73 Å². The van der Waals surface area contributed by atoms with Gasteiger partial charge in [0.1, 0.15) is 0 Å². The highest BCUT2D eigenvalue weighted by molar-refractivity contribution is 14.1. The van der Waals surface area contributed by atoms with Crippen LogP contribution in [0.15, 0.2) is 24.3 Å². The molecule has 0 atom stereocenters. The van der Waals surface area contributed by atoms with Crippen LogP contribution >= 0.6 is 22.6 Å². The summed E-state index contributed by atoms with van der Waals surface area (Å²) in [7, 11) is 0. The van der Waals surface area contributed by atoms with E-state index in [0.29, 0.717) is 6.54 Å². The molecule has 0 spiro atoms. The van der Waals surface area contributed by atoms with Crippen molar-refractivity contribution in [2.75, 3.05) is 26.2 Å². The summed E-state index contributed by atoms with van der Waals surface area (Å²) in [6.45, 7) is 2.95. The van der Waals surface area contributed by atoms with E-state index in [2.05, 4.69) is 22.6 Å². The zero-order valence-electron chi connectivity index (χ0n) is 11.6. The fraction of sp³-hybridized carbons (Fsp3) is 0.533. The lowest BCUT2D eigenvalue weighted by Crippen LogP contribution is -2.41. The third-order valence-corrected chi connectivity index (χ3v) is 4.48. The maximum absolute atomic E-state index is 12.5. The predicted octanol–water partition coefficient (Wildman–Crippen LogP) is 2.26. The van der Waals surface area contributed by atoms with Crippen LogP contribution < -0.4 is 5.73 Å². The first-order valence-corrected chi connectivity index (χ1v) is 8.15. The molecule has 20 heavy (non-hydrogen) atoms. The van der Waals surface area contributed by atoms with E-state index in [1.165, 1.54) is 0 Å². The van der Waals surface area contributed by atoms with Gasteiger partial charge in [-0.2, -0.15) is 0 Å². The highest BCUT2D eigenvalue weighted by atomic mass is 127. The SMILES string of the molecule is NCCCOC1CCN(C(=O)c2ccccc2I)CC1. The molecular weight excluding hydrogens is 367 g/mol. The molecule has 110 valence electrons. The standard InChI is InChI=1S/C15H21IN2O2/c16-14-5-2-1-4-13(14)15(19)18-9-6-12(7-10-18)20-11-3-8-17/h1-2,4-5,12H,3,6-11,17H2. The molecule has 2 N–H and O–H groups in total. The summed E-state index contributed by atoms with van der Waals surface area (Å²) in [5, 5.41) is 0. The van der Waals surface area contributed by atoms with E-state index < -0.39 is 0 Å². The van der Waals surface area contributed by atoms with Crippen molar-refractivity contribution in [3.05, 3.63) is 33.4 Å². The number of hydrogen-bond acceptors (Lipinski definition) is 3. The zero-order valence-corrected chi connectivity index (χ0v) is 13.7. The van der Waals surface area contributed by atoms with Gasteiger partial charge in [0.2, 0.25) is 0 Å². The van der Waals surface area contributed by atoms with Gasteiger partial charge in [-0.1, -0.05) is 12.1 Å². The van der Waals surface area contributed by atoms with Crippen molar-refractivity contribution in [2.45, 2.75) is 25.4 Å². The van der Waals surface area contributed by atoms with Gasteiger partial charge in [-0.25, -0.2) is 0 Å². The lowest BCUT2D eigenvalue weighted by atomic mass is 10.1. The Labute approximate surface area is 133 Å². The first-order chi connectivity index (χ1) is 9.72. The number of carbonyl (C=O) groups is 1. The quantitative estimate of drug-likeness (QED) is 0.622. The summed E-state index contributed by atoms with van der Waals surface area (Å²) in [6, 6.07) is 7.73. The third kappa shape index (κ3) is 4.17. The van der Waals surface area contributed by atoms with E-state index in [4.69, 9.17) is 10.5 Å². The summed E-state index contributed by atoms with van der Waals surface area (Å²) in [5.74, 6) is 0.135. The number of halogens is 1. The zero-order chi connectivity index (χ0) is 14.4. The van der Waals surface area contributed by atoms with Crippen LogP contribution in [0.3, 0.4) is 0 Å². The molecule has 0 saturated carbocycles. The van der Waals surface area contributed by atoms with E-state index >= 15 is 0 Å². The molecule has 0 unspecified atom stereocenters. The van der Waals surface area contributed by atoms with Gasteiger partial charge in [-0.05, 0) is 60.5 Å². The first kappa shape index (κ1) is 15.7. The number of carbonyl (C=O) groups excluding carboxylic acids is 1. The minimum absolute atomic E-state index is 0.135. The van der Waals surface area contributed by atoms with E-state index in [-0.39, 0.29) is 12.0 Å². The van der Waals surface area contributed by atoms with Gasteiger partial charge in [0, 0.05) is 23.3 Å². The first-order valence-electron chi connectivity index (χ1n) is 7.08. The Bertz CT molecular complexity index is 445. The van der Waals surface area contributed by atoms with Crippen molar-refractivity contribution in [1.29, 1.82) is 0 Å². The normalized spacial score (nSPS) is 16.4. The second-order valence-electron chi connectivity index (χ2n) is 4.98. The molecule has 1 saturated heterocycles. The molecule has 0 aromatic heterocycles. The fourth-order valence-electron chi connectivity index (χ4n) is 2.36. The van der Waals surface area contributed by atoms with Crippen molar-refractivity contribution in [3.8, 4) is 0 Å². The molecule has 1 aromatic carbocycles. The Morgan fingerprint density at radius 3 is 2.70 bits per heavy atom. The van der Waals surface area contributed by atoms with Gasteiger partial charge in [-0.15, -0.1) is 0 Å². The lowest BCUT2D eigenvalue weighted by Gasteiger charge is -2.32. The molecular formula is C15H21IN2O2. The topological polar surface area (TPSA) is 55.6 Å². The number of benzene rings is 1. The monoisotopic (exact) mass is 388 g/mol. The number of amides is 1. The Hall–Kier alpha value is -0.660. The van der Waals surface area contributed by atoms with Crippen LogP contribution in [0.2, 0.25) is 0 Å². The van der Waals surface area contributed by atoms with Crippen LogP contribution in [0.4, 0.5) is 0 Å². The number of nitrogens with zero attached hydrogens (tertiary/aromatic N) is 1. The van der Waals surface area contributed by atoms with Crippen molar-refractivity contribution < 1.29 is 9.53 Å². The number of rotatable bonds is 5. The smallest absolute Gasteiger partial charge is 0.254 e. The van der Waals surface area contributed by atoms with Gasteiger partial charge in [0.15, 0.2) is 0 Å². The van der Waals surface area contributed by atoms with E-state index in [9.17, 15) is 4.79 Å². The number of nitrogens with two attached hydrogens (primary N) is 1. The maximum Gasteiger partial charge on any atom is 0.254 e. The number of hydrogen-bond donors (Lipinski definition) is 1. The summed E-state index contributed by atoms with van der Waals surface area (Å²) in [5.41, 5.74) is 6.25. The van der Waals surface area contributed by atoms with Crippen LogP contribution in [0.1, 0.15) is 29.6 Å². The van der Waals surface area contributed by atoms with Crippen LogP contribution in [-0.4, -0.2) is 43.2 Å². The minimum Gasteiger partial charge on any atom is -0.378 e. The Balaban J connectivity index is 1.85. The van der Waals surface area contributed by atoms with Crippen molar-refractivity contribution >= 4 is 28.5 Å². The Morgan fingerprint density at radius 2 is 2.05 bits per heavy atom. The largest absolute Gasteiger partial charge is 0.378 e. The van der Waals surface area contributed by atoms with Gasteiger partial charge >= 0.3 is 0 Å². The van der Waals surface area contributed by atoms with Crippen LogP contribution in [0.25, 0.3) is 0 Å².